The third-order valence-electron chi connectivity index (χ3n) is 5.38. The molecule has 4 aromatic rings. The molecular formula is C27H21F4N3O5. The number of hydrogen-bond donors (Lipinski definition) is 2. The van der Waals surface area contributed by atoms with Gasteiger partial charge in [-0.3, -0.25) is 9.59 Å². The number of carbonyl (C=O) groups is 2. The largest absolute Gasteiger partial charge is 0.573 e. The minimum Gasteiger partial charge on any atom is -0.481 e. The van der Waals surface area contributed by atoms with Crippen LogP contribution in [0.15, 0.2) is 72.9 Å². The van der Waals surface area contributed by atoms with E-state index in [0.29, 0.717) is 11.1 Å². The standard InChI is InChI=1S/C27H21F4N3O5/c1-16-2-11-22(28)23(14-16)34-15-21(17-3-9-20(10-4-17)39-27(29,30)31)26(33-34)38-19-7-5-18(6-8-19)25(37)32-13-12-24(35)36/h2-11,14-15H,12-13H2,1H3,(H,32,37)(H,35,36). The Bertz CT molecular complexity index is 1480. The smallest absolute Gasteiger partial charge is 0.481 e. The van der Waals surface area contributed by atoms with E-state index >= 15 is 0 Å². The fourth-order valence-corrected chi connectivity index (χ4v) is 3.56. The van der Waals surface area contributed by atoms with Gasteiger partial charge < -0.3 is 19.9 Å². The van der Waals surface area contributed by atoms with E-state index < -0.39 is 29.8 Å². The van der Waals surface area contributed by atoms with Crippen LogP contribution in [-0.4, -0.2) is 39.7 Å². The molecular weight excluding hydrogens is 522 g/mol. The second-order valence-electron chi connectivity index (χ2n) is 8.35. The number of carboxylic acids is 1. The van der Waals surface area contributed by atoms with Gasteiger partial charge >= 0.3 is 12.3 Å². The highest BCUT2D eigenvalue weighted by molar-refractivity contribution is 5.94. The molecule has 3 aromatic carbocycles. The molecule has 12 heteroatoms. The fourth-order valence-electron chi connectivity index (χ4n) is 3.56. The Morgan fingerprint density at radius 1 is 1.00 bits per heavy atom. The predicted molar refractivity (Wildman–Crippen MR) is 131 cm³/mol. The van der Waals surface area contributed by atoms with E-state index in [1.807, 2.05) is 0 Å². The first-order valence-electron chi connectivity index (χ1n) is 11.5. The number of carbonyl (C=O) groups excluding carboxylic acids is 1. The van der Waals surface area contributed by atoms with Crippen molar-refractivity contribution in [3.63, 3.8) is 0 Å². The highest BCUT2D eigenvalue weighted by Gasteiger charge is 2.31. The summed E-state index contributed by atoms with van der Waals surface area (Å²) in [5.41, 5.74) is 1.95. The molecule has 39 heavy (non-hydrogen) atoms. The number of hydrogen-bond acceptors (Lipinski definition) is 5. The number of nitrogens with zero attached hydrogens (tertiary/aromatic N) is 2. The number of alkyl halides is 3. The van der Waals surface area contributed by atoms with Crippen LogP contribution in [0.1, 0.15) is 22.3 Å². The van der Waals surface area contributed by atoms with Crippen LogP contribution in [-0.2, 0) is 4.79 Å². The summed E-state index contributed by atoms with van der Waals surface area (Å²) in [6, 6.07) is 15.4. The van der Waals surface area contributed by atoms with Crippen molar-refractivity contribution in [3.8, 4) is 34.2 Å². The minimum absolute atomic E-state index is 0.0269. The Morgan fingerprint density at radius 2 is 1.67 bits per heavy atom. The predicted octanol–water partition coefficient (Wildman–Crippen LogP) is 5.88. The molecule has 4 rings (SSSR count). The molecule has 0 saturated carbocycles. The Morgan fingerprint density at radius 3 is 2.31 bits per heavy atom. The van der Waals surface area contributed by atoms with Gasteiger partial charge in [0.2, 0.25) is 5.88 Å². The lowest BCUT2D eigenvalue weighted by Gasteiger charge is -2.10. The lowest BCUT2D eigenvalue weighted by atomic mass is 10.1. The third kappa shape index (κ3) is 7.12. The normalized spacial score (nSPS) is 11.2. The fraction of sp³-hybridized carbons (Fsp3) is 0.148. The summed E-state index contributed by atoms with van der Waals surface area (Å²) < 4.78 is 63.4. The molecule has 0 aliphatic rings. The Balaban J connectivity index is 1.63. The first-order chi connectivity index (χ1) is 18.5. The quantitative estimate of drug-likeness (QED) is 0.256. The molecule has 8 nitrogen and oxygen atoms in total. The van der Waals surface area contributed by atoms with Gasteiger partial charge in [-0.05, 0) is 66.6 Å². The van der Waals surface area contributed by atoms with E-state index in [1.165, 1.54) is 53.3 Å². The maximum absolute atomic E-state index is 14.6. The van der Waals surface area contributed by atoms with Crippen molar-refractivity contribution in [2.45, 2.75) is 19.7 Å². The summed E-state index contributed by atoms with van der Waals surface area (Å²) >= 11 is 0. The van der Waals surface area contributed by atoms with Gasteiger partial charge in [0.1, 0.15) is 23.0 Å². The summed E-state index contributed by atoms with van der Waals surface area (Å²) in [6.45, 7) is 1.75. The lowest BCUT2D eigenvalue weighted by molar-refractivity contribution is -0.274. The monoisotopic (exact) mass is 543 g/mol. The zero-order chi connectivity index (χ0) is 28.2. The first-order valence-corrected chi connectivity index (χ1v) is 11.5. The van der Waals surface area contributed by atoms with Crippen LogP contribution < -0.4 is 14.8 Å². The van der Waals surface area contributed by atoms with Crippen molar-refractivity contribution in [1.82, 2.24) is 15.1 Å². The van der Waals surface area contributed by atoms with Crippen LogP contribution in [0, 0.1) is 12.7 Å². The molecule has 1 amide bonds. The van der Waals surface area contributed by atoms with Crippen LogP contribution in [0.5, 0.6) is 17.4 Å². The second-order valence-corrected chi connectivity index (χ2v) is 8.35. The van der Waals surface area contributed by atoms with Crippen molar-refractivity contribution < 1.29 is 41.7 Å². The van der Waals surface area contributed by atoms with Crippen LogP contribution >= 0.6 is 0 Å². The maximum Gasteiger partial charge on any atom is 0.573 e. The van der Waals surface area contributed by atoms with Crippen molar-refractivity contribution >= 4 is 11.9 Å². The zero-order valence-corrected chi connectivity index (χ0v) is 20.3. The SMILES string of the molecule is Cc1ccc(F)c(-n2cc(-c3ccc(OC(F)(F)F)cc3)c(Oc3ccc(C(=O)NCCC(=O)O)cc3)n2)c1. The minimum atomic E-state index is -4.84. The lowest BCUT2D eigenvalue weighted by Crippen LogP contribution is -2.25. The van der Waals surface area contributed by atoms with Crippen molar-refractivity contribution in [3.05, 3.63) is 89.9 Å². The number of ether oxygens (including phenoxy) is 2. The number of benzene rings is 3. The molecule has 1 aromatic heterocycles. The van der Waals surface area contributed by atoms with Gasteiger partial charge in [0.05, 0.1) is 12.0 Å². The highest BCUT2D eigenvalue weighted by atomic mass is 19.4. The summed E-state index contributed by atoms with van der Waals surface area (Å²) in [4.78, 5) is 22.8. The molecule has 2 N–H and O–H groups in total. The maximum atomic E-state index is 14.6. The molecule has 0 unspecified atom stereocenters. The Labute approximate surface area is 219 Å². The molecule has 0 saturated heterocycles. The number of halogens is 4. The van der Waals surface area contributed by atoms with E-state index in [2.05, 4.69) is 15.2 Å². The van der Waals surface area contributed by atoms with Gasteiger partial charge in [-0.25, -0.2) is 9.07 Å². The second kappa shape index (κ2) is 11.3. The number of aliphatic carboxylic acids is 1. The molecule has 0 bridgehead atoms. The molecule has 0 atom stereocenters. The topological polar surface area (TPSA) is 103 Å². The Kier molecular flexibility index (Phi) is 7.84. The van der Waals surface area contributed by atoms with Gasteiger partial charge in [-0.2, -0.15) is 0 Å². The molecule has 0 aliphatic heterocycles. The van der Waals surface area contributed by atoms with E-state index in [-0.39, 0.29) is 35.8 Å². The van der Waals surface area contributed by atoms with Crippen molar-refractivity contribution in [1.29, 1.82) is 0 Å². The molecule has 1 heterocycles. The Hall–Kier alpha value is -4.87. The molecule has 0 fully saturated rings. The average molecular weight is 543 g/mol. The van der Waals surface area contributed by atoms with Crippen LogP contribution in [0.2, 0.25) is 0 Å². The summed E-state index contributed by atoms with van der Waals surface area (Å²) in [6.07, 6.45) is -3.58. The zero-order valence-electron chi connectivity index (χ0n) is 20.3. The number of nitrogens with one attached hydrogen (secondary N) is 1. The van der Waals surface area contributed by atoms with Crippen LogP contribution in [0.3, 0.4) is 0 Å². The molecule has 0 aliphatic carbocycles. The molecule has 0 radical (unpaired) electrons. The van der Waals surface area contributed by atoms with E-state index in [4.69, 9.17) is 9.84 Å². The van der Waals surface area contributed by atoms with Crippen molar-refractivity contribution in [2.75, 3.05) is 6.54 Å². The third-order valence-corrected chi connectivity index (χ3v) is 5.38. The number of carboxylic acid groups (broad SMARTS) is 1. The molecule has 202 valence electrons. The van der Waals surface area contributed by atoms with Crippen LogP contribution in [0.25, 0.3) is 16.8 Å². The van der Waals surface area contributed by atoms with Gasteiger partial charge in [0, 0.05) is 18.3 Å². The van der Waals surface area contributed by atoms with Crippen LogP contribution in [0.4, 0.5) is 17.6 Å². The average Bonchev–Trinajstić information content (AvgIpc) is 3.28. The first kappa shape index (κ1) is 27.2. The summed E-state index contributed by atoms with van der Waals surface area (Å²) in [5.74, 6) is -2.17. The number of amides is 1. The highest BCUT2D eigenvalue weighted by Crippen LogP contribution is 2.35. The van der Waals surface area contributed by atoms with Gasteiger partial charge in [0.15, 0.2) is 0 Å². The van der Waals surface area contributed by atoms with Gasteiger partial charge in [-0.15, -0.1) is 18.3 Å². The van der Waals surface area contributed by atoms with Gasteiger partial charge in [-0.1, -0.05) is 18.2 Å². The van der Waals surface area contributed by atoms with Crippen molar-refractivity contribution in [2.24, 2.45) is 0 Å². The number of aryl methyl sites for hydroxylation is 1. The van der Waals surface area contributed by atoms with E-state index in [0.717, 1.165) is 17.7 Å². The summed E-state index contributed by atoms with van der Waals surface area (Å²) in [7, 11) is 0. The van der Waals surface area contributed by atoms with Gasteiger partial charge in [0.25, 0.3) is 5.91 Å². The molecule has 0 spiro atoms. The van der Waals surface area contributed by atoms with E-state index in [1.54, 1.807) is 19.1 Å². The summed E-state index contributed by atoms with van der Waals surface area (Å²) in [5, 5.41) is 15.5. The van der Waals surface area contributed by atoms with E-state index in [9.17, 15) is 27.2 Å². The number of aromatic nitrogens is 2. The number of rotatable bonds is 9.